The van der Waals surface area contributed by atoms with Crippen LogP contribution in [0.2, 0.25) is 0 Å². The summed E-state index contributed by atoms with van der Waals surface area (Å²) in [5.74, 6) is -1.48. The van der Waals surface area contributed by atoms with Gasteiger partial charge in [-0.05, 0) is 41.2 Å². The van der Waals surface area contributed by atoms with E-state index in [2.05, 4.69) is 10.2 Å². The minimum absolute atomic E-state index is 0.0504. The Balaban J connectivity index is 1.52. The zero-order chi connectivity index (χ0) is 27.6. The van der Waals surface area contributed by atoms with Crippen LogP contribution in [0.25, 0.3) is 4.85 Å². The van der Waals surface area contributed by atoms with Crippen molar-refractivity contribution in [1.82, 2.24) is 9.80 Å². The highest BCUT2D eigenvalue weighted by atomic mass is 19.4. The molecule has 1 spiro atoms. The number of anilines is 1. The van der Waals surface area contributed by atoms with Crippen molar-refractivity contribution in [3.8, 4) is 0 Å². The van der Waals surface area contributed by atoms with Crippen LogP contribution in [-0.2, 0) is 27.7 Å². The number of fused-ring (bicyclic) bond motifs is 3. The maximum absolute atomic E-state index is 14.2. The van der Waals surface area contributed by atoms with Gasteiger partial charge in [0, 0.05) is 24.3 Å². The van der Waals surface area contributed by atoms with E-state index in [9.17, 15) is 27.6 Å². The third-order valence-corrected chi connectivity index (χ3v) is 7.66. The van der Waals surface area contributed by atoms with E-state index < -0.39 is 46.6 Å². The van der Waals surface area contributed by atoms with Gasteiger partial charge in [-0.3, -0.25) is 24.1 Å². The van der Waals surface area contributed by atoms with Crippen molar-refractivity contribution in [2.75, 3.05) is 11.9 Å². The molecule has 5 rings (SSSR count). The van der Waals surface area contributed by atoms with Crippen molar-refractivity contribution in [2.24, 2.45) is 5.41 Å². The third kappa shape index (κ3) is 4.01. The van der Waals surface area contributed by atoms with E-state index in [0.717, 1.165) is 6.07 Å². The van der Waals surface area contributed by atoms with Gasteiger partial charge in [0.2, 0.25) is 5.91 Å². The molecule has 3 amide bonds. The van der Waals surface area contributed by atoms with Crippen LogP contribution in [0.5, 0.6) is 0 Å². The van der Waals surface area contributed by atoms with E-state index in [1.807, 2.05) is 20.8 Å². The molecule has 0 saturated carbocycles. The molecule has 7 nitrogen and oxygen atoms in total. The number of nitrogens with one attached hydrogen (secondary N) is 1. The van der Waals surface area contributed by atoms with Crippen LogP contribution < -0.4 is 5.32 Å². The highest BCUT2D eigenvalue weighted by Crippen LogP contribution is 2.47. The highest BCUT2D eigenvalue weighted by Gasteiger charge is 2.59. The quantitative estimate of drug-likeness (QED) is 0.585. The number of likely N-dealkylation sites (tertiary alicyclic amines) is 1. The second-order valence-corrected chi connectivity index (χ2v) is 11.4. The van der Waals surface area contributed by atoms with Crippen LogP contribution in [0.15, 0.2) is 42.5 Å². The molecular formula is C28H27F3N4O3. The molecule has 0 aliphatic carbocycles. The summed E-state index contributed by atoms with van der Waals surface area (Å²) in [6.45, 7) is 13.0. The van der Waals surface area contributed by atoms with Crippen LogP contribution in [0.3, 0.4) is 0 Å². The first kappa shape index (κ1) is 25.8. The summed E-state index contributed by atoms with van der Waals surface area (Å²) in [6, 6.07) is 9.51. The van der Waals surface area contributed by atoms with Crippen LogP contribution in [-0.4, -0.2) is 46.3 Å². The van der Waals surface area contributed by atoms with Gasteiger partial charge in [0.25, 0.3) is 11.8 Å². The van der Waals surface area contributed by atoms with Crippen LogP contribution >= 0.6 is 0 Å². The molecule has 1 fully saturated rings. The molecule has 3 heterocycles. The predicted octanol–water partition coefficient (Wildman–Crippen LogP) is 4.83. The van der Waals surface area contributed by atoms with Gasteiger partial charge in [-0.15, -0.1) is 0 Å². The van der Waals surface area contributed by atoms with Gasteiger partial charge in [0.1, 0.15) is 11.5 Å². The molecule has 0 unspecified atom stereocenters. The second-order valence-electron chi connectivity index (χ2n) is 11.4. The first-order chi connectivity index (χ1) is 17.8. The fourth-order valence-corrected chi connectivity index (χ4v) is 5.93. The molecule has 38 heavy (non-hydrogen) atoms. The SMILES string of the molecule is [C-]#[N+][C@@H]1C[C@@]2(CN1C(=O)[C@H](CC(C)(C)C)N1Cc3c(cccc3C(F)(F)F)C1=O)C(=O)Nc1ccccc12. The number of nitrogens with zero attached hydrogens (tertiary/aromatic N) is 3. The molecule has 3 aliphatic heterocycles. The van der Waals surface area contributed by atoms with Crippen molar-refractivity contribution in [3.05, 3.63) is 76.1 Å². The Morgan fingerprint density at radius 1 is 1.16 bits per heavy atom. The smallest absolute Gasteiger partial charge is 0.325 e. The van der Waals surface area contributed by atoms with Gasteiger partial charge < -0.3 is 10.2 Å². The van der Waals surface area contributed by atoms with Crippen molar-refractivity contribution in [2.45, 2.75) is 64.0 Å². The topological polar surface area (TPSA) is 74.1 Å². The molecule has 3 atom stereocenters. The van der Waals surface area contributed by atoms with E-state index in [1.54, 1.807) is 24.3 Å². The Kier molecular flexibility index (Phi) is 5.82. The summed E-state index contributed by atoms with van der Waals surface area (Å²) in [6.07, 6.45) is -5.33. The molecule has 2 aromatic carbocycles. The van der Waals surface area contributed by atoms with Gasteiger partial charge in [0.15, 0.2) is 0 Å². The lowest BCUT2D eigenvalue weighted by Crippen LogP contribution is -2.52. The number of alkyl halides is 3. The van der Waals surface area contributed by atoms with E-state index in [1.165, 1.54) is 21.9 Å². The minimum atomic E-state index is -4.65. The van der Waals surface area contributed by atoms with Crippen LogP contribution in [0, 0.1) is 12.0 Å². The number of rotatable bonds is 3. The van der Waals surface area contributed by atoms with Crippen molar-refractivity contribution in [1.29, 1.82) is 0 Å². The average Bonchev–Trinajstić information content (AvgIpc) is 3.48. The number of hydrogen-bond donors (Lipinski definition) is 1. The first-order valence-corrected chi connectivity index (χ1v) is 12.3. The largest absolute Gasteiger partial charge is 0.416 e. The second kappa shape index (κ2) is 8.58. The number of para-hydroxylation sites is 1. The zero-order valence-corrected chi connectivity index (χ0v) is 21.2. The Bertz CT molecular complexity index is 1390. The number of halogens is 3. The number of hydrogen-bond acceptors (Lipinski definition) is 3. The standard InChI is InChI=1S/C28H27F3N4O3/c1-26(2,3)12-21(34-14-17-16(23(34)36)8-7-10-18(17)28(29,30)31)24(37)35-15-27(13-22(35)32-4)19-9-5-6-11-20(19)33-25(27)38/h5-11,21-22H,12-15H2,1-3H3,(H,33,38)/t21-,22-,27-/m0/s1. The lowest BCUT2D eigenvalue weighted by Gasteiger charge is -2.34. The monoisotopic (exact) mass is 524 g/mol. The summed E-state index contributed by atoms with van der Waals surface area (Å²) in [5, 5.41) is 2.85. The predicted molar refractivity (Wildman–Crippen MR) is 133 cm³/mol. The number of carbonyl (C=O) groups excluding carboxylic acids is 3. The first-order valence-electron chi connectivity index (χ1n) is 12.3. The molecular weight excluding hydrogens is 497 g/mol. The summed E-state index contributed by atoms with van der Waals surface area (Å²) < 4.78 is 41.2. The van der Waals surface area contributed by atoms with Crippen LogP contribution in [0.1, 0.15) is 60.7 Å². The lowest BCUT2D eigenvalue weighted by molar-refractivity contribution is -0.138. The average molecular weight is 525 g/mol. The molecule has 0 aromatic heterocycles. The van der Waals surface area contributed by atoms with Crippen molar-refractivity contribution < 1.29 is 27.6 Å². The maximum atomic E-state index is 14.2. The third-order valence-electron chi connectivity index (χ3n) is 7.66. The van der Waals surface area contributed by atoms with Gasteiger partial charge in [-0.1, -0.05) is 45.0 Å². The highest BCUT2D eigenvalue weighted by molar-refractivity contribution is 6.07. The summed E-state index contributed by atoms with van der Waals surface area (Å²) in [7, 11) is 0. The van der Waals surface area contributed by atoms with E-state index >= 15 is 0 Å². The van der Waals surface area contributed by atoms with E-state index in [-0.39, 0.29) is 43.0 Å². The molecule has 0 radical (unpaired) electrons. The minimum Gasteiger partial charge on any atom is -0.325 e. The van der Waals surface area contributed by atoms with Gasteiger partial charge >= 0.3 is 12.3 Å². The lowest BCUT2D eigenvalue weighted by atomic mass is 9.80. The van der Waals surface area contributed by atoms with Gasteiger partial charge in [0.05, 0.1) is 12.0 Å². The fraction of sp³-hybridized carbons (Fsp3) is 0.429. The Morgan fingerprint density at radius 2 is 1.87 bits per heavy atom. The molecule has 1 N–H and O–H groups in total. The number of benzene rings is 2. The normalized spacial score (nSPS) is 23.3. The van der Waals surface area contributed by atoms with Crippen molar-refractivity contribution >= 4 is 23.4 Å². The summed E-state index contributed by atoms with van der Waals surface area (Å²) >= 11 is 0. The molecule has 0 bridgehead atoms. The molecule has 3 aliphatic rings. The number of carbonyl (C=O) groups is 3. The van der Waals surface area contributed by atoms with Gasteiger partial charge in [-0.25, -0.2) is 6.57 Å². The van der Waals surface area contributed by atoms with Crippen molar-refractivity contribution in [3.63, 3.8) is 0 Å². The molecule has 2 aromatic rings. The Labute approximate surface area is 218 Å². The zero-order valence-electron chi connectivity index (χ0n) is 21.2. The van der Waals surface area contributed by atoms with E-state index in [0.29, 0.717) is 11.3 Å². The Morgan fingerprint density at radius 3 is 2.53 bits per heavy atom. The summed E-state index contributed by atoms with van der Waals surface area (Å²) in [4.78, 5) is 46.9. The molecule has 198 valence electrons. The van der Waals surface area contributed by atoms with Crippen LogP contribution in [0.4, 0.5) is 18.9 Å². The van der Waals surface area contributed by atoms with E-state index in [4.69, 9.17) is 6.57 Å². The molecule has 1 saturated heterocycles. The molecule has 10 heteroatoms. The summed E-state index contributed by atoms with van der Waals surface area (Å²) in [5.41, 5.74) is -1.35. The Hall–Kier alpha value is -3.87. The number of amides is 3. The maximum Gasteiger partial charge on any atom is 0.416 e. The fourth-order valence-electron chi connectivity index (χ4n) is 5.93. The van der Waals surface area contributed by atoms with Gasteiger partial charge in [-0.2, -0.15) is 13.2 Å².